The minimum Gasteiger partial charge on any atom is -0.372 e. The fourth-order valence-corrected chi connectivity index (χ4v) is 5.97. The normalized spacial score (nSPS) is 22.1. The number of amides is 2. The van der Waals surface area contributed by atoms with E-state index >= 15 is 0 Å². The van der Waals surface area contributed by atoms with Gasteiger partial charge in [-0.25, -0.2) is 0 Å². The Morgan fingerprint density at radius 3 is 1.98 bits per heavy atom. The minimum absolute atomic E-state index is 0.0408. The first kappa shape index (κ1) is 32.5. The van der Waals surface area contributed by atoms with Crippen LogP contribution >= 0.6 is 0 Å². The molecule has 0 N–H and O–H groups in total. The number of halogens is 6. The average Bonchev–Trinajstić information content (AvgIpc) is 3.10. The van der Waals surface area contributed by atoms with Crippen molar-refractivity contribution in [2.24, 2.45) is 0 Å². The first-order valence-corrected chi connectivity index (χ1v) is 14.6. The average molecular weight is 634 g/mol. The number of fused-ring (bicyclic) bond motifs is 3. The van der Waals surface area contributed by atoms with Crippen molar-refractivity contribution in [3.05, 3.63) is 107 Å². The molecular formula is C33H33F6N3O3. The van der Waals surface area contributed by atoms with Gasteiger partial charge >= 0.3 is 12.4 Å². The van der Waals surface area contributed by atoms with E-state index in [1.165, 1.54) is 11.8 Å². The van der Waals surface area contributed by atoms with Crippen molar-refractivity contribution in [1.82, 2.24) is 14.7 Å². The van der Waals surface area contributed by atoms with Crippen LogP contribution in [0.1, 0.15) is 47.3 Å². The molecule has 12 heteroatoms. The van der Waals surface area contributed by atoms with Crippen molar-refractivity contribution >= 4 is 11.8 Å². The quantitative estimate of drug-likeness (QED) is 0.288. The molecule has 0 aromatic heterocycles. The molecule has 0 aliphatic carbocycles. The SMILES string of the molecule is C[C@@H](OC[C@@]1(c2ccccc2)CCN2CC(=O)N(Cc3ccccc3)CCN1CC2=O)c1cc(C(F)(F)F)cc(C(F)(F)F)c1. The number of ether oxygens (including phenoxy) is 1. The smallest absolute Gasteiger partial charge is 0.372 e. The molecule has 3 aromatic carbocycles. The van der Waals surface area contributed by atoms with E-state index in [1.807, 2.05) is 65.6 Å². The molecule has 0 radical (unpaired) electrons. The summed E-state index contributed by atoms with van der Waals surface area (Å²) in [5.41, 5.74) is -2.34. The first-order chi connectivity index (χ1) is 21.3. The Kier molecular flexibility index (Phi) is 9.27. The number of rotatable bonds is 7. The highest BCUT2D eigenvalue weighted by Gasteiger charge is 2.45. The highest BCUT2D eigenvalue weighted by molar-refractivity contribution is 5.86. The van der Waals surface area contributed by atoms with Gasteiger partial charge in [-0.3, -0.25) is 14.5 Å². The first-order valence-electron chi connectivity index (χ1n) is 14.6. The number of nitrogens with zero attached hydrogens (tertiary/aromatic N) is 3. The van der Waals surface area contributed by atoms with Crippen LogP contribution in [0.2, 0.25) is 0 Å². The summed E-state index contributed by atoms with van der Waals surface area (Å²) in [5, 5.41) is 0. The van der Waals surface area contributed by atoms with E-state index in [4.69, 9.17) is 4.74 Å². The summed E-state index contributed by atoms with van der Waals surface area (Å²) < 4.78 is 87.6. The second-order valence-electron chi connectivity index (χ2n) is 11.5. The number of alkyl halides is 6. The topological polar surface area (TPSA) is 53.1 Å². The lowest BCUT2D eigenvalue weighted by Gasteiger charge is -2.44. The van der Waals surface area contributed by atoms with E-state index in [2.05, 4.69) is 0 Å². The van der Waals surface area contributed by atoms with Crippen LogP contribution in [0.25, 0.3) is 0 Å². The van der Waals surface area contributed by atoms with E-state index in [1.54, 1.807) is 4.90 Å². The van der Waals surface area contributed by atoms with Crippen LogP contribution in [-0.4, -0.2) is 65.8 Å². The molecule has 2 bridgehead atoms. The Balaban J connectivity index is 1.48. The lowest BCUT2D eigenvalue weighted by atomic mass is 9.85. The van der Waals surface area contributed by atoms with Gasteiger partial charge in [-0.05, 0) is 48.2 Å². The van der Waals surface area contributed by atoms with Crippen LogP contribution in [0, 0.1) is 0 Å². The van der Waals surface area contributed by atoms with Crippen LogP contribution in [0.15, 0.2) is 78.9 Å². The van der Waals surface area contributed by atoms with Gasteiger partial charge in [-0.15, -0.1) is 0 Å². The Morgan fingerprint density at radius 2 is 1.38 bits per heavy atom. The standard InChI is InChI=1S/C33H33F6N3O3/c1-23(25-16-27(32(34,35)36)18-28(17-25)33(37,38)39)45-22-31(26-10-6-3-7-11-26)12-13-40-20-29(43)41(14-15-42(31)21-30(40)44)19-24-8-4-2-5-9-24/h2-11,16-18,23H,12-15,19-22H2,1H3/t23-,31-/m1/s1. The van der Waals surface area contributed by atoms with Crippen LogP contribution in [-0.2, 0) is 38.8 Å². The van der Waals surface area contributed by atoms with Crippen LogP contribution < -0.4 is 0 Å². The molecule has 2 aliphatic heterocycles. The molecule has 2 amide bonds. The van der Waals surface area contributed by atoms with E-state index in [0.717, 1.165) is 11.1 Å². The van der Waals surface area contributed by atoms with Gasteiger partial charge in [-0.1, -0.05) is 60.7 Å². The van der Waals surface area contributed by atoms with Gasteiger partial charge in [0.1, 0.15) is 0 Å². The van der Waals surface area contributed by atoms with Crippen LogP contribution in [0.5, 0.6) is 0 Å². The van der Waals surface area contributed by atoms with Crippen molar-refractivity contribution in [3.8, 4) is 0 Å². The zero-order valence-corrected chi connectivity index (χ0v) is 24.6. The maximum absolute atomic E-state index is 13.6. The Hall–Kier alpha value is -3.90. The third kappa shape index (κ3) is 7.33. The lowest BCUT2D eigenvalue weighted by Crippen LogP contribution is -2.53. The fourth-order valence-electron chi connectivity index (χ4n) is 5.97. The molecule has 45 heavy (non-hydrogen) atoms. The van der Waals surface area contributed by atoms with Crippen molar-refractivity contribution < 1.29 is 40.7 Å². The molecule has 1 unspecified atom stereocenters. The number of carbonyl (C=O) groups excluding carboxylic acids is 2. The van der Waals surface area contributed by atoms with Gasteiger partial charge in [0.15, 0.2) is 0 Å². The van der Waals surface area contributed by atoms with Crippen molar-refractivity contribution in [1.29, 1.82) is 0 Å². The summed E-state index contributed by atoms with van der Waals surface area (Å²) >= 11 is 0. The number of hydrogen-bond acceptors (Lipinski definition) is 4. The van der Waals surface area contributed by atoms with E-state index in [9.17, 15) is 35.9 Å². The predicted octanol–water partition coefficient (Wildman–Crippen LogP) is 6.27. The van der Waals surface area contributed by atoms with Crippen molar-refractivity contribution in [2.45, 2.75) is 43.9 Å². The second-order valence-corrected chi connectivity index (χ2v) is 11.5. The molecule has 2 saturated heterocycles. The van der Waals surface area contributed by atoms with E-state index < -0.39 is 35.1 Å². The largest absolute Gasteiger partial charge is 0.416 e. The molecule has 2 heterocycles. The minimum atomic E-state index is -4.99. The summed E-state index contributed by atoms with van der Waals surface area (Å²) in [6.45, 7) is 2.27. The highest BCUT2D eigenvalue weighted by Crippen LogP contribution is 2.40. The van der Waals surface area contributed by atoms with Crippen molar-refractivity contribution in [3.63, 3.8) is 0 Å². The number of benzene rings is 3. The Morgan fingerprint density at radius 1 is 0.778 bits per heavy atom. The van der Waals surface area contributed by atoms with Gasteiger partial charge in [0.25, 0.3) is 0 Å². The molecule has 6 nitrogen and oxygen atoms in total. The van der Waals surface area contributed by atoms with Crippen molar-refractivity contribution in [2.75, 3.05) is 39.3 Å². The van der Waals surface area contributed by atoms with Gasteiger partial charge < -0.3 is 14.5 Å². The molecule has 240 valence electrons. The molecule has 2 fully saturated rings. The summed E-state index contributed by atoms with van der Waals surface area (Å²) in [6, 6.07) is 20.1. The van der Waals surface area contributed by atoms with Gasteiger partial charge in [0.05, 0.1) is 42.5 Å². The fraction of sp³-hybridized carbons (Fsp3) is 0.394. The Bertz CT molecular complexity index is 1470. The third-order valence-electron chi connectivity index (χ3n) is 8.58. The van der Waals surface area contributed by atoms with Gasteiger partial charge in [-0.2, -0.15) is 26.3 Å². The highest BCUT2D eigenvalue weighted by atomic mass is 19.4. The molecule has 0 spiro atoms. The zero-order chi connectivity index (χ0) is 32.4. The lowest BCUT2D eigenvalue weighted by molar-refractivity contribution is -0.143. The third-order valence-corrected chi connectivity index (χ3v) is 8.58. The monoisotopic (exact) mass is 633 g/mol. The predicted molar refractivity (Wildman–Crippen MR) is 154 cm³/mol. The molecule has 3 aromatic rings. The summed E-state index contributed by atoms with van der Waals surface area (Å²) in [5.74, 6) is -0.431. The maximum Gasteiger partial charge on any atom is 0.416 e. The molecule has 0 saturated carbocycles. The zero-order valence-electron chi connectivity index (χ0n) is 24.6. The van der Waals surface area contributed by atoms with Crippen LogP contribution in [0.3, 0.4) is 0 Å². The second kappa shape index (κ2) is 12.8. The number of hydrogen-bond donors (Lipinski definition) is 0. The molecular weight excluding hydrogens is 600 g/mol. The van der Waals surface area contributed by atoms with Gasteiger partial charge in [0, 0.05) is 26.2 Å². The summed E-state index contributed by atoms with van der Waals surface area (Å²) in [7, 11) is 0. The number of carbonyl (C=O) groups is 2. The van der Waals surface area contributed by atoms with Gasteiger partial charge in [0.2, 0.25) is 11.8 Å². The van der Waals surface area contributed by atoms with E-state index in [0.29, 0.717) is 31.6 Å². The maximum atomic E-state index is 13.6. The Labute approximate surface area is 257 Å². The summed E-state index contributed by atoms with van der Waals surface area (Å²) in [6.07, 6.45) is -10.8. The van der Waals surface area contributed by atoms with Crippen LogP contribution in [0.4, 0.5) is 26.3 Å². The summed E-state index contributed by atoms with van der Waals surface area (Å²) in [4.78, 5) is 31.8. The molecule has 5 rings (SSSR count). The molecule has 3 atom stereocenters. The molecule has 2 aliphatic rings. The van der Waals surface area contributed by atoms with E-state index in [-0.39, 0.29) is 56.2 Å².